The minimum absolute atomic E-state index is 0.275. The summed E-state index contributed by atoms with van der Waals surface area (Å²) in [6, 6.07) is -0.276. The van der Waals surface area contributed by atoms with Crippen LogP contribution >= 0.6 is 0 Å². The second kappa shape index (κ2) is 10.5. The maximum absolute atomic E-state index is 11.0. The summed E-state index contributed by atoms with van der Waals surface area (Å²) in [6.45, 7) is 4.88. The van der Waals surface area contributed by atoms with Crippen LogP contribution in [0, 0.1) is 0 Å². The van der Waals surface area contributed by atoms with Crippen LogP contribution in [0.3, 0.4) is 0 Å². The molecule has 0 aliphatic heterocycles. The van der Waals surface area contributed by atoms with E-state index in [9.17, 15) is 4.79 Å². The highest BCUT2D eigenvalue weighted by Gasteiger charge is 2.12. The number of nitrogens with two attached hydrogens (primary N) is 1. The molecule has 0 spiro atoms. The number of nitrogens with one attached hydrogen (secondary N) is 1. The summed E-state index contributed by atoms with van der Waals surface area (Å²) in [5.74, 6) is -0.313. The van der Waals surface area contributed by atoms with Crippen LogP contribution in [-0.4, -0.2) is 31.7 Å². The summed E-state index contributed by atoms with van der Waals surface area (Å²) in [4.78, 5) is 11.0. The van der Waals surface area contributed by atoms with Crippen molar-refractivity contribution in [2.75, 3.05) is 13.7 Å². The third kappa shape index (κ3) is 9.12. The normalized spacial score (nSPS) is 14.5. The van der Waals surface area contributed by atoms with E-state index in [4.69, 9.17) is 10.5 Å². The smallest absolute Gasteiger partial charge is 0.234 e. The molecular formula is C13H28N2O2. The Labute approximate surface area is 105 Å². The molecule has 0 rings (SSSR count). The minimum Gasteiger partial charge on any atom is -0.378 e. The molecule has 3 N–H and O–H groups in total. The lowest BCUT2D eigenvalue weighted by atomic mass is 10.1. The van der Waals surface area contributed by atoms with Crippen LogP contribution in [0.15, 0.2) is 0 Å². The predicted octanol–water partition coefficient (Wildman–Crippen LogP) is 1.83. The Hall–Kier alpha value is -0.610. The number of carbonyl (C=O) groups excluding carboxylic acids is 1. The summed E-state index contributed by atoms with van der Waals surface area (Å²) in [5, 5.41) is 2.88. The van der Waals surface area contributed by atoms with E-state index in [2.05, 4.69) is 19.2 Å². The zero-order chi connectivity index (χ0) is 13.1. The second-order valence-corrected chi connectivity index (χ2v) is 4.56. The zero-order valence-corrected chi connectivity index (χ0v) is 11.5. The summed E-state index contributed by atoms with van der Waals surface area (Å²) >= 11 is 0. The molecular weight excluding hydrogens is 216 g/mol. The average Bonchev–Trinajstić information content (AvgIpc) is 2.30. The van der Waals surface area contributed by atoms with Crippen LogP contribution in [0.25, 0.3) is 0 Å². The Morgan fingerprint density at radius 1 is 1.29 bits per heavy atom. The fourth-order valence-electron chi connectivity index (χ4n) is 1.76. The van der Waals surface area contributed by atoms with Gasteiger partial charge in [-0.15, -0.1) is 0 Å². The molecule has 1 amide bonds. The Morgan fingerprint density at radius 3 is 2.53 bits per heavy atom. The van der Waals surface area contributed by atoms with Crippen LogP contribution in [0.5, 0.6) is 0 Å². The fourth-order valence-corrected chi connectivity index (χ4v) is 1.76. The van der Waals surface area contributed by atoms with Crippen molar-refractivity contribution in [3.8, 4) is 0 Å². The Balaban J connectivity index is 3.49. The number of ether oxygens (including phenoxy) is 1. The van der Waals surface area contributed by atoms with Gasteiger partial charge in [-0.3, -0.25) is 4.79 Å². The van der Waals surface area contributed by atoms with Gasteiger partial charge < -0.3 is 15.8 Å². The zero-order valence-electron chi connectivity index (χ0n) is 11.5. The van der Waals surface area contributed by atoms with Crippen LogP contribution in [0.2, 0.25) is 0 Å². The molecule has 0 saturated heterocycles. The molecule has 102 valence electrons. The Kier molecular flexibility index (Phi) is 10.2. The second-order valence-electron chi connectivity index (χ2n) is 4.56. The fraction of sp³-hybridized carbons (Fsp3) is 0.923. The van der Waals surface area contributed by atoms with Gasteiger partial charge in [0.05, 0.1) is 12.1 Å². The minimum atomic E-state index is -0.313. The summed E-state index contributed by atoms with van der Waals surface area (Å²) in [5.41, 5.74) is 5.22. The van der Waals surface area contributed by atoms with Crippen molar-refractivity contribution < 1.29 is 9.53 Å². The van der Waals surface area contributed by atoms with Crippen LogP contribution in [0.1, 0.15) is 52.4 Å². The molecule has 0 aliphatic rings. The van der Waals surface area contributed by atoms with Crippen molar-refractivity contribution in [2.24, 2.45) is 5.73 Å². The maximum atomic E-state index is 11.0. The van der Waals surface area contributed by atoms with Crippen LogP contribution in [-0.2, 0) is 9.53 Å². The number of carbonyl (C=O) groups is 1. The van der Waals surface area contributed by atoms with Gasteiger partial charge in [-0.1, -0.05) is 32.6 Å². The van der Waals surface area contributed by atoms with Gasteiger partial charge in [0, 0.05) is 6.61 Å². The lowest BCUT2D eigenvalue weighted by Crippen LogP contribution is -2.40. The number of amides is 1. The van der Waals surface area contributed by atoms with E-state index in [-0.39, 0.29) is 18.1 Å². The topological polar surface area (TPSA) is 64.3 Å². The summed E-state index contributed by atoms with van der Waals surface area (Å²) in [7, 11) is 1.74. The van der Waals surface area contributed by atoms with Gasteiger partial charge in [-0.2, -0.15) is 0 Å². The quantitative estimate of drug-likeness (QED) is 0.545. The lowest BCUT2D eigenvalue weighted by Gasteiger charge is -2.16. The molecule has 0 bridgehead atoms. The van der Waals surface area contributed by atoms with Crippen molar-refractivity contribution in [3.05, 3.63) is 0 Å². The monoisotopic (exact) mass is 244 g/mol. The van der Waals surface area contributed by atoms with Gasteiger partial charge in [-0.05, 0) is 26.8 Å². The molecule has 0 heterocycles. The average molecular weight is 244 g/mol. The van der Waals surface area contributed by atoms with Gasteiger partial charge in [-0.25, -0.2) is 0 Å². The van der Waals surface area contributed by atoms with E-state index in [1.54, 1.807) is 7.05 Å². The van der Waals surface area contributed by atoms with Crippen molar-refractivity contribution >= 4 is 5.91 Å². The van der Waals surface area contributed by atoms with Crippen molar-refractivity contribution in [3.63, 3.8) is 0 Å². The van der Waals surface area contributed by atoms with Crippen molar-refractivity contribution in [1.29, 1.82) is 0 Å². The largest absolute Gasteiger partial charge is 0.378 e. The van der Waals surface area contributed by atoms with E-state index in [1.807, 2.05) is 0 Å². The molecule has 0 aliphatic carbocycles. The maximum Gasteiger partial charge on any atom is 0.234 e. The van der Waals surface area contributed by atoms with Crippen molar-refractivity contribution in [2.45, 2.75) is 64.5 Å². The van der Waals surface area contributed by atoms with Gasteiger partial charge in [0.25, 0.3) is 0 Å². The molecule has 0 aromatic carbocycles. The molecule has 0 aromatic rings. The molecule has 17 heavy (non-hydrogen) atoms. The lowest BCUT2D eigenvalue weighted by molar-refractivity contribution is -0.120. The highest BCUT2D eigenvalue weighted by Crippen LogP contribution is 2.08. The van der Waals surface area contributed by atoms with E-state index >= 15 is 0 Å². The third-order valence-corrected chi connectivity index (χ3v) is 2.97. The van der Waals surface area contributed by atoms with Gasteiger partial charge in [0.15, 0.2) is 0 Å². The van der Waals surface area contributed by atoms with Gasteiger partial charge in [0.2, 0.25) is 5.91 Å². The number of rotatable bonds is 11. The first-order valence-electron chi connectivity index (χ1n) is 6.70. The van der Waals surface area contributed by atoms with Crippen LogP contribution < -0.4 is 11.1 Å². The molecule has 0 aromatic heterocycles. The number of primary amides is 1. The first-order valence-corrected chi connectivity index (χ1v) is 6.70. The van der Waals surface area contributed by atoms with Gasteiger partial charge in [0.1, 0.15) is 0 Å². The number of unbranched alkanes of at least 4 members (excludes halogenated alkanes) is 3. The van der Waals surface area contributed by atoms with E-state index in [0.717, 1.165) is 6.42 Å². The van der Waals surface area contributed by atoms with E-state index < -0.39 is 0 Å². The number of hydrogen-bond acceptors (Lipinski definition) is 3. The molecule has 2 unspecified atom stereocenters. The number of likely N-dealkylation sites (N-methyl/N-ethyl adjacent to an activating group) is 1. The molecule has 2 atom stereocenters. The molecule has 4 nitrogen and oxygen atoms in total. The van der Waals surface area contributed by atoms with Gasteiger partial charge >= 0.3 is 0 Å². The van der Waals surface area contributed by atoms with E-state index in [0.29, 0.717) is 13.0 Å². The molecule has 0 saturated carbocycles. The molecule has 0 fully saturated rings. The highest BCUT2D eigenvalue weighted by atomic mass is 16.5. The molecule has 4 heteroatoms. The number of hydrogen-bond donors (Lipinski definition) is 2. The summed E-state index contributed by atoms with van der Waals surface area (Å²) in [6.07, 6.45) is 7.09. The third-order valence-electron chi connectivity index (χ3n) is 2.97. The Morgan fingerprint density at radius 2 is 2.00 bits per heavy atom. The highest BCUT2D eigenvalue weighted by molar-refractivity contribution is 5.79. The molecule has 0 radical (unpaired) electrons. The SMILES string of the molecule is CCCCCCC(C)OCCC(NC)C(N)=O. The first-order chi connectivity index (χ1) is 8.11. The predicted molar refractivity (Wildman–Crippen MR) is 70.8 cm³/mol. The first kappa shape index (κ1) is 16.4. The van der Waals surface area contributed by atoms with Crippen molar-refractivity contribution in [1.82, 2.24) is 5.32 Å². The van der Waals surface area contributed by atoms with Crippen LogP contribution in [0.4, 0.5) is 0 Å². The van der Waals surface area contributed by atoms with E-state index in [1.165, 1.54) is 25.7 Å². The standard InChI is InChI=1S/C13H28N2O2/c1-4-5-6-7-8-11(2)17-10-9-12(15-3)13(14)16/h11-12,15H,4-10H2,1-3H3,(H2,14,16). The summed E-state index contributed by atoms with van der Waals surface area (Å²) < 4.78 is 5.66. The Bertz CT molecular complexity index is 198.